The lowest BCUT2D eigenvalue weighted by atomic mass is 10.2. The highest BCUT2D eigenvalue weighted by molar-refractivity contribution is 5.84. The van der Waals surface area contributed by atoms with Crippen LogP contribution in [0.5, 0.6) is 0 Å². The first kappa shape index (κ1) is 46.7. The Morgan fingerprint density at radius 2 is 0.840 bits per heavy atom. The zero-order valence-electron chi connectivity index (χ0n) is 30.4. The standard InChI is InChI=1S/C34H66N8O8/c1-29(43)41(49)27-12-4-10-26-39-32(46)17-16-31(45)38-23-8-3-9-24-40-33(47)18-19-34(48)42(50)28-13-5-11-25-37-30(44)15-14-22-36-21-7-2-6-20-35/h36,49-50H,2-28,35H2,1H3,(H,37,44)(H,38,45)(H,39,46)(H,40,47). The molecule has 6 amide bonds. The highest BCUT2D eigenvalue weighted by atomic mass is 16.5. The smallest absolute Gasteiger partial charge is 0.246 e. The highest BCUT2D eigenvalue weighted by Gasteiger charge is 2.13. The third kappa shape index (κ3) is 30.7. The number of nitrogens with one attached hydrogen (secondary N) is 5. The summed E-state index contributed by atoms with van der Waals surface area (Å²) in [5.74, 6) is -1.56. The van der Waals surface area contributed by atoms with Crippen LogP contribution in [0.1, 0.15) is 122 Å². The summed E-state index contributed by atoms with van der Waals surface area (Å²) in [4.78, 5) is 70.8. The third-order valence-corrected chi connectivity index (χ3v) is 7.85. The van der Waals surface area contributed by atoms with Crippen molar-refractivity contribution in [2.75, 3.05) is 58.9 Å². The minimum Gasteiger partial charge on any atom is -0.356 e. The first-order valence-corrected chi connectivity index (χ1v) is 18.5. The van der Waals surface area contributed by atoms with Gasteiger partial charge >= 0.3 is 0 Å². The molecule has 290 valence electrons. The van der Waals surface area contributed by atoms with Gasteiger partial charge in [0.1, 0.15) is 0 Å². The Bertz CT molecular complexity index is 956. The predicted molar refractivity (Wildman–Crippen MR) is 190 cm³/mol. The Morgan fingerprint density at radius 1 is 0.460 bits per heavy atom. The van der Waals surface area contributed by atoms with Crippen molar-refractivity contribution in [3.05, 3.63) is 0 Å². The lowest BCUT2D eigenvalue weighted by Crippen LogP contribution is -2.31. The Balaban J connectivity index is 3.63. The first-order valence-electron chi connectivity index (χ1n) is 18.5. The van der Waals surface area contributed by atoms with Crippen LogP contribution in [0.3, 0.4) is 0 Å². The number of rotatable bonds is 33. The van der Waals surface area contributed by atoms with E-state index in [4.69, 9.17) is 5.73 Å². The second-order valence-electron chi connectivity index (χ2n) is 12.4. The molecule has 0 unspecified atom stereocenters. The van der Waals surface area contributed by atoms with E-state index in [0.717, 1.165) is 77.4 Å². The molecule has 16 heteroatoms. The van der Waals surface area contributed by atoms with Crippen LogP contribution >= 0.6 is 0 Å². The maximum absolute atomic E-state index is 12.1. The van der Waals surface area contributed by atoms with Crippen LogP contribution in [0.25, 0.3) is 0 Å². The molecule has 0 aliphatic carbocycles. The van der Waals surface area contributed by atoms with E-state index in [1.165, 1.54) is 6.92 Å². The number of nitrogens with zero attached hydrogens (tertiary/aromatic N) is 2. The summed E-state index contributed by atoms with van der Waals surface area (Å²) in [6, 6.07) is 0. The van der Waals surface area contributed by atoms with Crippen molar-refractivity contribution in [3.8, 4) is 0 Å². The molecule has 0 saturated heterocycles. The number of unbranched alkanes of at least 4 members (excludes halogenated alkanes) is 8. The Kier molecular flexibility index (Phi) is 30.6. The van der Waals surface area contributed by atoms with Crippen LogP contribution in [0.4, 0.5) is 0 Å². The molecule has 0 aromatic heterocycles. The van der Waals surface area contributed by atoms with Gasteiger partial charge in [0, 0.05) is 78.3 Å². The van der Waals surface area contributed by atoms with Crippen molar-refractivity contribution in [3.63, 3.8) is 0 Å². The van der Waals surface area contributed by atoms with E-state index >= 15 is 0 Å². The fraction of sp³-hybridized carbons (Fsp3) is 0.824. The summed E-state index contributed by atoms with van der Waals surface area (Å²) in [6.07, 6.45) is 11.0. The molecule has 0 heterocycles. The van der Waals surface area contributed by atoms with Gasteiger partial charge in [-0.25, -0.2) is 10.1 Å². The molecule has 0 saturated carbocycles. The molecule has 0 radical (unpaired) electrons. The molecule has 9 N–H and O–H groups in total. The second kappa shape index (κ2) is 32.8. The van der Waals surface area contributed by atoms with Gasteiger partial charge in [-0.15, -0.1) is 0 Å². The molecular weight excluding hydrogens is 648 g/mol. The molecule has 0 aliphatic heterocycles. The average Bonchev–Trinajstić information content (AvgIpc) is 3.09. The minimum absolute atomic E-state index is 0.0149. The van der Waals surface area contributed by atoms with Crippen molar-refractivity contribution in [2.45, 2.75) is 122 Å². The van der Waals surface area contributed by atoms with Gasteiger partial charge in [0.2, 0.25) is 35.4 Å². The molecule has 0 aromatic rings. The van der Waals surface area contributed by atoms with Gasteiger partial charge in [-0.3, -0.25) is 39.2 Å². The van der Waals surface area contributed by atoms with E-state index in [1.54, 1.807) is 0 Å². The lowest BCUT2D eigenvalue weighted by molar-refractivity contribution is -0.166. The Hall–Kier alpha value is -3.34. The topological polar surface area (TPSA) is 236 Å². The summed E-state index contributed by atoms with van der Waals surface area (Å²) >= 11 is 0. The van der Waals surface area contributed by atoms with Crippen LogP contribution in [-0.2, 0) is 28.8 Å². The van der Waals surface area contributed by atoms with Crippen LogP contribution in [0, 0.1) is 0 Å². The lowest BCUT2D eigenvalue weighted by Gasteiger charge is -2.15. The second-order valence-corrected chi connectivity index (χ2v) is 12.4. The van der Waals surface area contributed by atoms with E-state index in [-0.39, 0.29) is 62.4 Å². The highest BCUT2D eigenvalue weighted by Crippen LogP contribution is 2.02. The number of amides is 6. The number of hydrogen-bond donors (Lipinski definition) is 8. The number of carbonyl (C=O) groups excluding carboxylic acids is 6. The van der Waals surface area contributed by atoms with Gasteiger partial charge in [-0.2, -0.15) is 0 Å². The zero-order chi connectivity index (χ0) is 37.2. The minimum atomic E-state index is -0.507. The largest absolute Gasteiger partial charge is 0.356 e. The molecule has 0 bridgehead atoms. The van der Waals surface area contributed by atoms with Gasteiger partial charge in [0.05, 0.1) is 0 Å². The van der Waals surface area contributed by atoms with Crippen molar-refractivity contribution < 1.29 is 39.2 Å². The van der Waals surface area contributed by atoms with E-state index < -0.39 is 11.8 Å². The molecule has 0 aromatic carbocycles. The van der Waals surface area contributed by atoms with Crippen LogP contribution < -0.4 is 32.3 Å². The fourth-order valence-electron chi connectivity index (χ4n) is 4.75. The fourth-order valence-corrected chi connectivity index (χ4v) is 4.75. The number of carbonyl (C=O) groups is 6. The monoisotopic (exact) mass is 715 g/mol. The molecule has 0 rings (SSSR count). The molecule has 16 nitrogen and oxygen atoms in total. The predicted octanol–water partition coefficient (Wildman–Crippen LogP) is 1.48. The van der Waals surface area contributed by atoms with Crippen molar-refractivity contribution in [1.82, 2.24) is 36.7 Å². The number of nitrogens with two attached hydrogens (primary N) is 1. The molecule has 0 spiro atoms. The van der Waals surface area contributed by atoms with E-state index in [1.807, 2.05) is 0 Å². The maximum atomic E-state index is 12.1. The van der Waals surface area contributed by atoms with Gasteiger partial charge in [-0.05, 0) is 96.7 Å². The first-order chi connectivity index (χ1) is 24.1. The van der Waals surface area contributed by atoms with Crippen LogP contribution in [0.15, 0.2) is 0 Å². The molecule has 0 atom stereocenters. The normalized spacial score (nSPS) is 10.7. The van der Waals surface area contributed by atoms with Crippen molar-refractivity contribution >= 4 is 35.4 Å². The summed E-state index contributed by atoms with van der Waals surface area (Å²) in [6.45, 7) is 6.15. The average molecular weight is 715 g/mol. The third-order valence-electron chi connectivity index (χ3n) is 7.85. The van der Waals surface area contributed by atoms with Crippen LogP contribution in [-0.4, -0.2) is 115 Å². The van der Waals surface area contributed by atoms with Gasteiger partial charge < -0.3 is 32.3 Å². The SMILES string of the molecule is CC(=O)N(O)CCCCCNC(=O)CCC(=O)NCCCCCNC(=O)CCC(=O)N(O)CCCCCNC(=O)CCCNCCCCCN. The molecule has 0 fully saturated rings. The summed E-state index contributed by atoms with van der Waals surface area (Å²) in [5, 5.41) is 35.1. The van der Waals surface area contributed by atoms with Gasteiger partial charge in [0.25, 0.3) is 0 Å². The van der Waals surface area contributed by atoms with Gasteiger partial charge in [-0.1, -0.05) is 6.42 Å². The maximum Gasteiger partial charge on any atom is 0.246 e. The molecule has 0 aliphatic rings. The van der Waals surface area contributed by atoms with E-state index in [9.17, 15) is 39.2 Å². The van der Waals surface area contributed by atoms with Crippen molar-refractivity contribution in [2.24, 2.45) is 5.73 Å². The number of hydroxylamine groups is 4. The Labute approximate surface area is 298 Å². The zero-order valence-corrected chi connectivity index (χ0v) is 30.4. The molecule has 50 heavy (non-hydrogen) atoms. The molecular formula is C34H66N8O8. The van der Waals surface area contributed by atoms with E-state index in [2.05, 4.69) is 26.6 Å². The summed E-state index contributed by atoms with van der Waals surface area (Å²) in [5.41, 5.74) is 5.47. The van der Waals surface area contributed by atoms with Crippen LogP contribution in [0.2, 0.25) is 0 Å². The van der Waals surface area contributed by atoms with Crippen molar-refractivity contribution in [1.29, 1.82) is 0 Å². The summed E-state index contributed by atoms with van der Waals surface area (Å²) in [7, 11) is 0. The summed E-state index contributed by atoms with van der Waals surface area (Å²) < 4.78 is 0. The van der Waals surface area contributed by atoms with E-state index in [0.29, 0.717) is 68.4 Å². The number of hydrogen-bond acceptors (Lipinski definition) is 10. The van der Waals surface area contributed by atoms with Gasteiger partial charge in [0.15, 0.2) is 0 Å². The quantitative estimate of drug-likeness (QED) is 0.0277. The Morgan fingerprint density at radius 3 is 1.32 bits per heavy atom.